The predicted octanol–water partition coefficient (Wildman–Crippen LogP) is 4.93. The third kappa shape index (κ3) is 14.5. The van der Waals surface area contributed by atoms with Crippen LogP contribution in [0.3, 0.4) is 0 Å². The third-order valence-corrected chi connectivity index (χ3v) is 5.23. The second-order valence-corrected chi connectivity index (χ2v) is 8.07. The number of carbonyl (C=O) groups excluding carboxylic acids is 2. The largest absolute Gasteiger partial charge is 0.445 e. The maximum atomic E-state index is 12.6. The molecule has 1 aromatic rings. The molecule has 1 unspecified atom stereocenters. The molecule has 176 valence electrons. The van der Waals surface area contributed by atoms with Gasteiger partial charge in [0.1, 0.15) is 12.6 Å². The Bertz CT molecular complexity index is 581. The Morgan fingerprint density at radius 1 is 0.806 bits per heavy atom. The van der Waals surface area contributed by atoms with Gasteiger partial charge in [-0.25, -0.2) is 4.79 Å². The molecule has 1 aromatic carbocycles. The van der Waals surface area contributed by atoms with E-state index in [4.69, 9.17) is 4.74 Å². The van der Waals surface area contributed by atoms with Crippen molar-refractivity contribution in [2.75, 3.05) is 19.6 Å². The molecule has 0 saturated carbocycles. The first-order valence-electron chi connectivity index (χ1n) is 12.1. The lowest BCUT2D eigenvalue weighted by molar-refractivity contribution is -0.123. The van der Waals surface area contributed by atoms with Gasteiger partial charge in [-0.05, 0) is 24.9 Å². The Kier molecular flexibility index (Phi) is 16.2. The molecule has 3 N–H and O–H groups in total. The van der Waals surface area contributed by atoms with Crippen molar-refractivity contribution in [3.63, 3.8) is 0 Å². The van der Waals surface area contributed by atoms with E-state index in [1.807, 2.05) is 30.3 Å². The number of ether oxygens (including phenoxy) is 1. The number of nitrogens with one attached hydrogen (secondary N) is 3. The van der Waals surface area contributed by atoms with Crippen LogP contribution >= 0.6 is 0 Å². The summed E-state index contributed by atoms with van der Waals surface area (Å²) in [6.45, 7) is 6.25. The van der Waals surface area contributed by atoms with E-state index in [-0.39, 0.29) is 19.1 Å². The monoisotopic (exact) mass is 433 g/mol. The van der Waals surface area contributed by atoms with Crippen molar-refractivity contribution >= 4 is 12.0 Å². The molecule has 0 saturated heterocycles. The van der Waals surface area contributed by atoms with Gasteiger partial charge in [-0.2, -0.15) is 0 Å². The summed E-state index contributed by atoms with van der Waals surface area (Å²) >= 11 is 0. The maximum absolute atomic E-state index is 12.6. The average Bonchev–Trinajstić information content (AvgIpc) is 2.79. The Balaban J connectivity index is 2.36. The fraction of sp³-hybridized carbons (Fsp3) is 0.680. The summed E-state index contributed by atoms with van der Waals surface area (Å²) in [5.74, 6) is -0.0640. The normalized spacial score (nSPS) is 11.7. The van der Waals surface area contributed by atoms with Crippen LogP contribution in [0.15, 0.2) is 30.3 Å². The summed E-state index contributed by atoms with van der Waals surface area (Å²) < 4.78 is 5.25. The van der Waals surface area contributed by atoms with Crippen LogP contribution in [0, 0.1) is 0 Å². The smallest absolute Gasteiger partial charge is 0.407 e. The molecule has 0 aliphatic heterocycles. The highest BCUT2D eigenvalue weighted by molar-refractivity contribution is 5.82. The van der Waals surface area contributed by atoms with Crippen LogP contribution in [0.25, 0.3) is 0 Å². The minimum atomic E-state index is -0.508. The van der Waals surface area contributed by atoms with Crippen LogP contribution in [0.5, 0.6) is 0 Å². The first kappa shape index (κ1) is 27.0. The molecule has 31 heavy (non-hydrogen) atoms. The van der Waals surface area contributed by atoms with Crippen LogP contribution in [0.4, 0.5) is 4.79 Å². The molecule has 0 heterocycles. The zero-order chi connectivity index (χ0) is 22.6. The minimum absolute atomic E-state index is 0.0640. The van der Waals surface area contributed by atoms with E-state index in [2.05, 4.69) is 29.8 Å². The van der Waals surface area contributed by atoms with Gasteiger partial charge < -0.3 is 20.7 Å². The van der Waals surface area contributed by atoms with Gasteiger partial charge in [0.25, 0.3) is 0 Å². The molecule has 0 spiro atoms. The molecule has 0 aliphatic rings. The lowest BCUT2D eigenvalue weighted by atomic mass is 10.1. The summed E-state index contributed by atoms with van der Waals surface area (Å²) in [4.78, 5) is 24.7. The molecule has 0 radical (unpaired) electrons. The van der Waals surface area contributed by atoms with Crippen LogP contribution in [0.2, 0.25) is 0 Å². The van der Waals surface area contributed by atoms with Gasteiger partial charge in [0.15, 0.2) is 0 Å². The highest BCUT2D eigenvalue weighted by atomic mass is 16.5. The van der Waals surface area contributed by atoms with E-state index >= 15 is 0 Å². The molecule has 0 bridgehead atoms. The molecule has 0 aliphatic carbocycles. The van der Waals surface area contributed by atoms with Crippen molar-refractivity contribution in [1.29, 1.82) is 0 Å². The summed E-state index contributed by atoms with van der Waals surface area (Å²) in [6.07, 6.45) is 11.2. The maximum Gasteiger partial charge on any atom is 0.407 e. The van der Waals surface area contributed by atoms with Crippen molar-refractivity contribution in [3.05, 3.63) is 35.9 Å². The quantitative estimate of drug-likeness (QED) is 0.287. The van der Waals surface area contributed by atoms with Gasteiger partial charge in [-0.15, -0.1) is 0 Å². The molecule has 0 aromatic heterocycles. The number of hydrogen-bond donors (Lipinski definition) is 3. The molecule has 1 rings (SSSR count). The Labute approximate surface area is 188 Å². The Morgan fingerprint density at radius 3 is 2.13 bits per heavy atom. The van der Waals surface area contributed by atoms with E-state index < -0.39 is 12.1 Å². The molecular formula is C25H43N3O3. The lowest BCUT2D eigenvalue weighted by Gasteiger charge is -2.19. The van der Waals surface area contributed by atoms with Crippen molar-refractivity contribution < 1.29 is 14.3 Å². The molecular weight excluding hydrogens is 390 g/mol. The van der Waals surface area contributed by atoms with E-state index in [0.29, 0.717) is 6.54 Å². The molecule has 2 amide bonds. The molecule has 1 atom stereocenters. The highest BCUT2D eigenvalue weighted by Crippen LogP contribution is 2.04. The third-order valence-electron chi connectivity index (χ3n) is 5.23. The molecule has 6 heteroatoms. The van der Waals surface area contributed by atoms with Crippen LogP contribution in [-0.2, 0) is 16.1 Å². The standard InChI is InChI=1S/C25H43N3O3/c1-3-5-7-9-10-15-18-26-23(24(29)27-19-14-8-6-4-2)20-28-25(30)31-21-22-16-12-11-13-17-22/h11-13,16-17,23,26H,3-10,14-15,18-21H2,1-2H3,(H,27,29)(H,28,30). The lowest BCUT2D eigenvalue weighted by Crippen LogP contribution is -2.51. The van der Waals surface area contributed by atoms with E-state index in [1.165, 1.54) is 38.5 Å². The topological polar surface area (TPSA) is 79.5 Å². The van der Waals surface area contributed by atoms with Crippen molar-refractivity contribution in [2.45, 2.75) is 90.7 Å². The predicted molar refractivity (Wildman–Crippen MR) is 127 cm³/mol. The second kappa shape index (κ2) is 18.7. The molecule has 0 fully saturated rings. The summed E-state index contributed by atoms with van der Waals surface area (Å²) in [5.41, 5.74) is 0.931. The fourth-order valence-corrected chi connectivity index (χ4v) is 3.29. The number of amides is 2. The number of unbranched alkanes of at least 4 members (excludes halogenated alkanes) is 8. The number of benzene rings is 1. The summed E-state index contributed by atoms with van der Waals surface area (Å²) in [7, 11) is 0. The SMILES string of the molecule is CCCCCCCCNC(CNC(=O)OCc1ccccc1)C(=O)NCCCCCC. The average molecular weight is 434 g/mol. The van der Waals surface area contributed by atoms with Gasteiger partial charge in [-0.3, -0.25) is 4.79 Å². The Hall–Kier alpha value is -2.08. The number of hydrogen-bond acceptors (Lipinski definition) is 4. The van der Waals surface area contributed by atoms with E-state index in [9.17, 15) is 9.59 Å². The van der Waals surface area contributed by atoms with E-state index in [0.717, 1.165) is 37.8 Å². The van der Waals surface area contributed by atoms with Gasteiger partial charge in [0.05, 0.1) is 0 Å². The van der Waals surface area contributed by atoms with Crippen molar-refractivity contribution in [1.82, 2.24) is 16.0 Å². The summed E-state index contributed by atoms with van der Waals surface area (Å²) in [6, 6.07) is 9.10. The highest BCUT2D eigenvalue weighted by Gasteiger charge is 2.18. The van der Waals surface area contributed by atoms with Gasteiger partial charge >= 0.3 is 6.09 Å². The first-order chi connectivity index (χ1) is 15.2. The zero-order valence-electron chi connectivity index (χ0n) is 19.6. The van der Waals surface area contributed by atoms with Crippen LogP contribution < -0.4 is 16.0 Å². The van der Waals surface area contributed by atoms with Crippen LogP contribution in [0.1, 0.15) is 83.6 Å². The van der Waals surface area contributed by atoms with Gasteiger partial charge in [-0.1, -0.05) is 95.5 Å². The second-order valence-electron chi connectivity index (χ2n) is 8.07. The van der Waals surface area contributed by atoms with Crippen molar-refractivity contribution in [2.24, 2.45) is 0 Å². The minimum Gasteiger partial charge on any atom is -0.445 e. The zero-order valence-corrected chi connectivity index (χ0v) is 19.6. The Morgan fingerprint density at radius 2 is 1.42 bits per heavy atom. The van der Waals surface area contributed by atoms with Gasteiger partial charge in [0, 0.05) is 13.1 Å². The van der Waals surface area contributed by atoms with Crippen LogP contribution in [-0.4, -0.2) is 37.7 Å². The van der Waals surface area contributed by atoms with E-state index in [1.54, 1.807) is 0 Å². The number of carbonyl (C=O) groups is 2. The van der Waals surface area contributed by atoms with Gasteiger partial charge in [0.2, 0.25) is 5.91 Å². The fourth-order valence-electron chi connectivity index (χ4n) is 3.29. The van der Waals surface area contributed by atoms with Crippen molar-refractivity contribution in [3.8, 4) is 0 Å². The number of rotatable bonds is 18. The number of alkyl carbamates (subject to hydrolysis) is 1. The first-order valence-corrected chi connectivity index (χ1v) is 12.1. The summed E-state index contributed by atoms with van der Waals surface area (Å²) in [5, 5.41) is 9.04. The molecule has 6 nitrogen and oxygen atoms in total.